The molecule has 0 bridgehead atoms. The van der Waals surface area contributed by atoms with E-state index in [9.17, 15) is 18.1 Å². The van der Waals surface area contributed by atoms with Crippen LogP contribution in [0.1, 0.15) is 59.8 Å². The summed E-state index contributed by atoms with van der Waals surface area (Å²) in [5, 5.41) is 0. The van der Waals surface area contributed by atoms with Crippen LogP contribution >= 0.6 is 7.60 Å². The van der Waals surface area contributed by atoms with Crippen molar-refractivity contribution in [2.45, 2.75) is 65.5 Å². The number of ketones is 1. The Bertz CT molecular complexity index is 567. The molecule has 0 heterocycles. The summed E-state index contributed by atoms with van der Waals surface area (Å²) in [6.45, 7) is 7.74. The molecule has 7 heteroatoms. The maximum absolute atomic E-state index is 13.1. The summed E-state index contributed by atoms with van der Waals surface area (Å²) >= 11 is 0. The van der Waals surface area contributed by atoms with Crippen LogP contribution in [0.15, 0.2) is 34.9 Å². The number of carbonyl (C=O) groups excluding carboxylic acids is 1. The Labute approximate surface area is 142 Å². The van der Waals surface area contributed by atoms with E-state index in [0.29, 0.717) is 18.4 Å². The van der Waals surface area contributed by atoms with E-state index >= 15 is 0 Å². The van der Waals surface area contributed by atoms with Crippen molar-refractivity contribution >= 4 is 13.4 Å². The first-order chi connectivity index (χ1) is 10.8. The molecular weight excluding hydrogens is 337 g/mol. The summed E-state index contributed by atoms with van der Waals surface area (Å²) in [6, 6.07) is 0. The average Bonchev–Trinajstić information content (AvgIpc) is 2.35. The van der Waals surface area contributed by atoms with Gasteiger partial charge in [0.05, 0.1) is 6.42 Å². The first kappa shape index (κ1) is 22.9. The van der Waals surface area contributed by atoms with E-state index in [1.54, 1.807) is 6.92 Å². The van der Waals surface area contributed by atoms with Crippen molar-refractivity contribution < 1.29 is 27.9 Å². The van der Waals surface area contributed by atoms with Gasteiger partial charge in [0.15, 0.2) is 5.78 Å². The van der Waals surface area contributed by atoms with Gasteiger partial charge in [-0.2, -0.15) is 8.78 Å². The van der Waals surface area contributed by atoms with Gasteiger partial charge in [0, 0.05) is 0 Å². The largest absolute Gasteiger partial charge is 0.394 e. The Morgan fingerprint density at radius 3 is 2.00 bits per heavy atom. The zero-order valence-electron chi connectivity index (χ0n) is 14.7. The van der Waals surface area contributed by atoms with Crippen molar-refractivity contribution in [3.05, 3.63) is 34.9 Å². The van der Waals surface area contributed by atoms with Gasteiger partial charge in [-0.1, -0.05) is 28.9 Å². The molecule has 0 rings (SSSR count). The zero-order valence-corrected chi connectivity index (χ0v) is 15.6. The predicted molar refractivity (Wildman–Crippen MR) is 92.0 cm³/mol. The Kier molecular flexibility index (Phi) is 9.56. The van der Waals surface area contributed by atoms with E-state index in [2.05, 4.69) is 6.08 Å². The fourth-order valence-electron chi connectivity index (χ4n) is 1.95. The van der Waals surface area contributed by atoms with Gasteiger partial charge in [-0.3, -0.25) is 9.36 Å². The molecule has 0 aromatic rings. The third-order valence-electron chi connectivity index (χ3n) is 3.34. The van der Waals surface area contributed by atoms with E-state index in [1.807, 2.05) is 26.8 Å². The van der Waals surface area contributed by atoms with Crippen LogP contribution in [0.2, 0.25) is 0 Å². The highest BCUT2D eigenvalue weighted by Gasteiger charge is 2.49. The standard InChI is InChI=1S/C17H27F2O4P/c1-13(2)7-5-8-14(3)9-6-10-15(4)11-16(20)12-17(18,19)24(21,22)23/h7,9,11H,5-6,8,10,12H2,1-4H3,(H2,21,22,23). The summed E-state index contributed by atoms with van der Waals surface area (Å²) in [5.41, 5.74) is -1.22. The lowest BCUT2D eigenvalue weighted by Crippen LogP contribution is -2.20. The van der Waals surface area contributed by atoms with Crippen molar-refractivity contribution in [1.82, 2.24) is 0 Å². The molecule has 0 atom stereocenters. The molecule has 0 aliphatic carbocycles. The fraction of sp³-hybridized carbons (Fsp3) is 0.588. The molecule has 0 spiro atoms. The fourth-order valence-corrected chi connectivity index (χ4v) is 2.31. The molecular formula is C17H27F2O4P. The molecule has 24 heavy (non-hydrogen) atoms. The number of alkyl halides is 2. The highest BCUT2D eigenvalue weighted by atomic mass is 31.2. The molecule has 0 saturated heterocycles. The van der Waals surface area contributed by atoms with Crippen LogP contribution < -0.4 is 0 Å². The van der Waals surface area contributed by atoms with Crippen LogP contribution in [0.25, 0.3) is 0 Å². The molecule has 0 aromatic carbocycles. The highest BCUT2D eigenvalue weighted by molar-refractivity contribution is 7.53. The molecule has 0 saturated carbocycles. The Balaban J connectivity index is 4.44. The second-order valence-corrected chi connectivity index (χ2v) is 8.00. The Morgan fingerprint density at radius 1 is 1.00 bits per heavy atom. The van der Waals surface area contributed by atoms with Gasteiger partial charge < -0.3 is 9.79 Å². The third-order valence-corrected chi connectivity index (χ3v) is 4.35. The number of hydrogen-bond donors (Lipinski definition) is 2. The molecule has 0 aliphatic rings. The number of halogens is 2. The van der Waals surface area contributed by atoms with Gasteiger partial charge in [0.25, 0.3) is 0 Å². The summed E-state index contributed by atoms with van der Waals surface area (Å²) < 4.78 is 36.9. The van der Waals surface area contributed by atoms with Crippen molar-refractivity contribution in [2.75, 3.05) is 0 Å². The molecule has 0 amide bonds. The number of carbonyl (C=O) groups is 1. The minimum atomic E-state index is -5.62. The average molecular weight is 364 g/mol. The topological polar surface area (TPSA) is 74.6 Å². The summed E-state index contributed by atoms with van der Waals surface area (Å²) in [4.78, 5) is 28.5. The quantitative estimate of drug-likeness (QED) is 0.320. The molecule has 0 fully saturated rings. The second kappa shape index (κ2) is 10.0. The molecule has 2 N–H and O–H groups in total. The second-order valence-electron chi connectivity index (χ2n) is 6.25. The minimum absolute atomic E-state index is 0.535. The Morgan fingerprint density at radius 2 is 1.50 bits per heavy atom. The van der Waals surface area contributed by atoms with Gasteiger partial charge in [-0.15, -0.1) is 0 Å². The molecule has 0 radical (unpaired) electrons. The smallest absolute Gasteiger partial charge is 0.320 e. The molecule has 0 aliphatic heterocycles. The molecule has 138 valence electrons. The Hall–Kier alpha value is -1.10. The first-order valence-corrected chi connectivity index (χ1v) is 9.39. The van der Waals surface area contributed by atoms with Crippen molar-refractivity contribution in [2.24, 2.45) is 0 Å². The molecule has 4 nitrogen and oxygen atoms in total. The van der Waals surface area contributed by atoms with Crippen LogP contribution in [0.4, 0.5) is 8.78 Å². The molecule has 0 aromatic heterocycles. The van der Waals surface area contributed by atoms with Gasteiger partial charge in [-0.05, 0) is 59.5 Å². The summed E-state index contributed by atoms with van der Waals surface area (Å²) in [7, 11) is -5.62. The predicted octanol–water partition coefficient (Wildman–Crippen LogP) is 5.14. The van der Waals surface area contributed by atoms with Crippen LogP contribution in [-0.2, 0) is 9.36 Å². The number of rotatable bonds is 10. The van der Waals surface area contributed by atoms with E-state index in [4.69, 9.17) is 9.79 Å². The van der Waals surface area contributed by atoms with Crippen molar-refractivity contribution in [3.8, 4) is 0 Å². The first-order valence-electron chi connectivity index (χ1n) is 7.77. The van der Waals surface area contributed by atoms with E-state index < -0.39 is 25.5 Å². The SMILES string of the molecule is CC(C)=CCCC(C)=CCCC(C)=CC(=O)CC(F)(F)P(=O)(O)O. The summed E-state index contributed by atoms with van der Waals surface area (Å²) in [5.74, 6) is -0.981. The normalized spacial score (nSPS) is 13.8. The lowest BCUT2D eigenvalue weighted by Gasteiger charge is -2.15. The van der Waals surface area contributed by atoms with Crippen LogP contribution in [0, 0.1) is 0 Å². The third kappa shape index (κ3) is 9.91. The zero-order chi connectivity index (χ0) is 19.0. The van der Waals surface area contributed by atoms with Gasteiger partial charge in [0.1, 0.15) is 0 Å². The number of allylic oxidation sites excluding steroid dienone is 6. The van der Waals surface area contributed by atoms with Crippen LogP contribution in [0.3, 0.4) is 0 Å². The lowest BCUT2D eigenvalue weighted by atomic mass is 10.1. The maximum atomic E-state index is 13.1. The number of hydrogen-bond acceptors (Lipinski definition) is 2. The van der Waals surface area contributed by atoms with Crippen molar-refractivity contribution in [1.29, 1.82) is 0 Å². The molecule has 0 unspecified atom stereocenters. The van der Waals surface area contributed by atoms with Gasteiger partial charge in [-0.25, -0.2) is 0 Å². The maximum Gasteiger partial charge on any atom is 0.394 e. The monoisotopic (exact) mass is 364 g/mol. The van der Waals surface area contributed by atoms with E-state index in [-0.39, 0.29) is 0 Å². The lowest BCUT2D eigenvalue weighted by molar-refractivity contribution is -0.118. The van der Waals surface area contributed by atoms with Gasteiger partial charge in [0.2, 0.25) is 0 Å². The summed E-state index contributed by atoms with van der Waals surface area (Å²) in [6.07, 6.45) is 6.89. The minimum Gasteiger partial charge on any atom is -0.320 e. The van der Waals surface area contributed by atoms with Crippen molar-refractivity contribution in [3.63, 3.8) is 0 Å². The van der Waals surface area contributed by atoms with Gasteiger partial charge >= 0.3 is 13.3 Å². The van der Waals surface area contributed by atoms with Crippen LogP contribution in [0.5, 0.6) is 0 Å². The highest BCUT2D eigenvalue weighted by Crippen LogP contribution is 2.54. The van der Waals surface area contributed by atoms with E-state index in [0.717, 1.165) is 18.9 Å². The van der Waals surface area contributed by atoms with E-state index in [1.165, 1.54) is 11.1 Å². The van der Waals surface area contributed by atoms with Crippen LogP contribution in [-0.4, -0.2) is 21.2 Å².